The van der Waals surface area contributed by atoms with Crippen molar-refractivity contribution < 1.29 is 9.59 Å². The molecule has 4 aromatic rings. The van der Waals surface area contributed by atoms with Gasteiger partial charge in [-0.15, -0.1) is 11.8 Å². The third-order valence-corrected chi connectivity index (χ3v) is 7.04. The molecule has 1 aliphatic heterocycles. The highest BCUT2D eigenvalue weighted by Crippen LogP contribution is 2.45. The van der Waals surface area contributed by atoms with Crippen LogP contribution in [-0.4, -0.2) is 46.8 Å². The predicted molar refractivity (Wildman–Crippen MR) is 149 cm³/mol. The molecule has 1 atom stereocenters. The monoisotopic (exact) mass is 520 g/mol. The molecule has 3 aromatic carbocycles. The Morgan fingerprint density at radius 3 is 2.50 bits per heavy atom. The molecule has 0 bridgehead atoms. The van der Waals surface area contributed by atoms with Crippen LogP contribution in [0.25, 0.3) is 16.9 Å². The van der Waals surface area contributed by atoms with Gasteiger partial charge < -0.3 is 10.2 Å². The van der Waals surface area contributed by atoms with Crippen molar-refractivity contribution in [3.63, 3.8) is 0 Å². The van der Waals surface area contributed by atoms with Gasteiger partial charge in [-0.3, -0.25) is 9.59 Å². The van der Waals surface area contributed by atoms with E-state index in [1.807, 2.05) is 79.7 Å². The van der Waals surface area contributed by atoms with Gasteiger partial charge >= 0.3 is 0 Å². The summed E-state index contributed by atoms with van der Waals surface area (Å²) in [7, 11) is 3.80. The van der Waals surface area contributed by atoms with E-state index in [4.69, 9.17) is 5.10 Å². The molecular weight excluding hydrogens is 496 g/mol. The number of anilines is 1. The van der Waals surface area contributed by atoms with Gasteiger partial charge in [0.15, 0.2) is 5.92 Å². The number of carbonyl (C=O) groups excluding carboxylic acids is 2. The molecule has 188 valence electrons. The largest absolute Gasteiger partial charge is 0.369 e. The van der Waals surface area contributed by atoms with Crippen LogP contribution in [-0.2, 0) is 10.5 Å². The van der Waals surface area contributed by atoms with Crippen LogP contribution < -0.4 is 5.32 Å². The Balaban J connectivity index is 1.60. The number of aromatic nitrogens is 2. The Morgan fingerprint density at radius 1 is 1.11 bits per heavy atom. The van der Waals surface area contributed by atoms with Gasteiger partial charge in [-0.05, 0) is 42.5 Å². The summed E-state index contributed by atoms with van der Waals surface area (Å²) < 4.78 is 1.73. The van der Waals surface area contributed by atoms with Crippen molar-refractivity contribution in [2.45, 2.75) is 10.6 Å². The maximum Gasteiger partial charge on any atom is 0.249 e. The van der Waals surface area contributed by atoms with Gasteiger partial charge in [-0.1, -0.05) is 36.4 Å². The Bertz CT molecular complexity index is 1570. The summed E-state index contributed by atoms with van der Waals surface area (Å²) in [4.78, 5) is 34.1. The summed E-state index contributed by atoms with van der Waals surface area (Å²) in [6.07, 6.45) is 1.73. The van der Waals surface area contributed by atoms with Gasteiger partial charge in [0.1, 0.15) is 5.69 Å². The van der Waals surface area contributed by atoms with Crippen LogP contribution in [0, 0.1) is 17.2 Å². The Hall–Kier alpha value is -4.68. The van der Waals surface area contributed by atoms with E-state index >= 15 is 0 Å². The first kappa shape index (κ1) is 25.0. The van der Waals surface area contributed by atoms with E-state index in [1.54, 1.807) is 47.0 Å². The van der Waals surface area contributed by atoms with Crippen LogP contribution in [0.5, 0.6) is 0 Å². The minimum absolute atomic E-state index is 0.124. The minimum Gasteiger partial charge on any atom is -0.369 e. The van der Waals surface area contributed by atoms with Gasteiger partial charge in [0, 0.05) is 41.6 Å². The van der Waals surface area contributed by atoms with E-state index < -0.39 is 17.6 Å². The van der Waals surface area contributed by atoms with Gasteiger partial charge in [-0.2, -0.15) is 10.4 Å². The van der Waals surface area contributed by atoms with Crippen LogP contribution in [0.3, 0.4) is 0 Å². The molecule has 8 nitrogen and oxygen atoms in total. The van der Waals surface area contributed by atoms with Crippen molar-refractivity contribution in [2.24, 2.45) is 10.9 Å². The number of thioether (sulfide) groups is 1. The normalized spacial score (nSPS) is 12.8. The van der Waals surface area contributed by atoms with Gasteiger partial charge in [0.05, 0.1) is 29.5 Å². The summed E-state index contributed by atoms with van der Waals surface area (Å²) in [5, 5.41) is 17.2. The zero-order chi connectivity index (χ0) is 26.6. The first-order valence-corrected chi connectivity index (χ1v) is 12.9. The molecule has 0 spiro atoms. The Morgan fingerprint density at radius 2 is 1.82 bits per heavy atom. The number of para-hydroxylation sites is 2. The molecule has 1 N–H and O–H groups in total. The number of hydrogen-bond acceptors (Lipinski definition) is 6. The second kappa shape index (κ2) is 10.7. The highest BCUT2D eigenvalue weighted by molar-refractivity contribution is 7.98. The zero-order valence-electron chi connectivity index (χ0n) is 20.8. The highest BCUT2D eigenvalue weighted by Gasteiger charge is 2.35. The second-order valence-corrected chi connectivity index (χ2v) is 9.90. The summed E-state index contributed by atoms with van der Waals surface area (Å²) in [5.41, 5.74) is 4.51. The first-order chi connectivity index (χ1) is 18.5. The lowest BCUT2D eigenvalue weighted by Crippen LogP contribution is -2.29. The highest BCUT2D eigenvalue weighted by atomic mass is 32.2. The van der Waals surface area contributed by atoms with E-state index in [9.17, 15) is 14.9 Å². The molecule has 1 aliphatic rings. The summed E-state index contributed by atoms with van der Waals surface area (Å²) in [6, 6.07) is 26.1. The van der Waals surface area contributed by atoms with Crippen LogP contribution in [0.4, 0.5) is 11.4 Å². The molecule has 0 fully saturated rings. The third-order valence-electron chi connectivity index (χ3n) is 5.94. The number of hydrogen-bond donors (Lipinski definition) is 1. The number of rotatable bonds is 7. The standard InChI is InChI=1S/C29H24N6O2S/c1-34(2)18-31-20-13-14-25-22(15-20)27-24(17-38-25)26(33-35(27)21-11-7-4-8-12-21)28(36)23(16-30)29(37)32-19-9-5-3-6-10-19/h3-15,18,23H,17H2,1-2H3,(H,32,37). The summed E-state index contributed by atoms with van der Waals surface area (Å²) >= 11 is 1.58. The number of carbonyl (C=O) groups is 2. The molecule has 0 saturated heterocycles. The second-order valence-electron chi connectivity index (χ2n) is 8.88. The molecule has 1 unspecified atom stereocenters. The van der Waals surface area contributed by atoms with E-state index in [1.165, 1.54) is 0 Å². The Labute approximate surface area is 224 Å². The molecule has 0 aliphatic carbocycles. The lowest BCUT2D eigenvalue weighted by Gasteiger charge is -2.19. The van der Waals surface area contributed by atoms with Crippen molar-refractivity contribution in [1.29, 1.82) is 5.26 Å². The van der Waals surface area contributed by atoms with Gasteiger partial charge in [-0.25, -0.2) is 9.67 Å². The molecule has 0 saturated carbocycles. The van der Waals surface area contributed by atoms with E-state index in [0.717, 1.165) is 27.5 Å². The SMILES string of the molecule is CN(C)C=Nc1ccc2c(c1)-c1c(c(C(=O)C(C#N)C(=O)Nc3ccccc3)nn1-c1ccccc1)CS2. The van der Waals surface area contributed by atoms with Crippen molar-refractivity contribution in [3.05, 3.63) is 90.1 Å². The first-order valence-electron chi connectivity index (χ1n) is 11.9. The molecule has 2 heterocycles. The van der Waals surface area contributed by atoms with E-state index in [-0.39, 0.29) is 5.69 Å². The number of benzene rings is 3. The predicted octanol–water partition coefficient (Wildman–Crippen LogP) is 5.33. The van der Waals surface area contributed by atoms with E-state index in [2.05, 4.69) is 10.3 Å². The molecule has 1 amide bonds. The maximum absolute atomic E-state index is 13.7. The topological polar surface area (TPSA) is 103 Å². The molecular formula is C29H24N6O2S. The summed E-state index contributed by atoms with van der Waals surface area (Å²) in [6.45, 7) is 0. The van der Waals surface area contributed by atoms with Crippen LogP contribution >= 0.6 is 11.8 Å². The average Bonchev–Trinajstić information content (AvgIpc) is 3.33. The number of aliphatic imine (C=N–C) groups is 1. The van der Waals surface area contributed by atoms with Crippen molar-refractivity contribution in [1.82, 2.24) is 14.7 Å². The van der Waals surface area contributed by atoms with Crippen molar-refractivity contribution in [2.75, 3.05) is 19.4 Å². The number of nitriles is 1. The molecule has 9 heteroatoms. The summed E-state index contributed by atoms with van der Waals surface area (Å²) in [5.74, 6) is -2.37. The van der Waals surface area contributed by atoms with Crippen molar-refractivity contribution >= 4 is 41.2 Å². The smallest absolute Gasteiger partial charge is 0.249 e. The fraction of sp³-hybridized carbons (Fsp3) is 0.138. The lowest BCUT2D eigenvalue weighted by molar-refractivity contribution is -0.117. The number of nitrogens with zero attached hydrogens (tertiary/aromatic N) is 5. The Kier molecular flexibility index (Phi) is 7.07. The fourth-order valence-corrected chi connectivity index (χ4v) is 5.22. The fourth-order valence-electron chi connectivity index (χ4n) is 4.17. The maximum atomic E-state index is 13.7. The quantitative estimate of drug-likeness (QED) is 0.153. The molecule has 38 heavy (non-hydrogen) atoms. The molecule has 1 aromatic heterocycles. The lowest BCUT2D eigenvalue weighted by atomic mass is 9.97. The average molecular weight is 521 g/mol. The molecule has 5 rings (SSSR count). The third kappa shape index (κ3) is 4.94. The number of ketones is 1. The number of fused-ring (bicyclic) bond motifs is 3. The van der Waals surface area contributed by atoms with Crippen LogP contribution in [0.1, 0.15) is 16.1 Å². The molecule has 0 radical (unpaired) electrons. The van der Waals surface area contributed by atoms with E-state index in [0.29, 0.717) is 17.0 Å². The van der Waals surface area contributed by atoms with Gasteiger partial charge in [0.25, 0.3) is 0 Å². The van der Waals surface area contributed by atoms with Crippen LogP contribution in [0.15, 0.2) is 88.8 Å². The van der Waals surface area contributed by atoms with Gasteiger partial charge in [0.2, 0.25) is 11.7 Å². The minimum atomic E-state index is -1.54. The number of amides is 1. The number of nitrogens with one attached hydrogen (secondary N) is 1. The van der Waals surface area contributed by atoms with Crippen LogP contribution in [0.2, 0.25) is 0 Å². The van der Waals surface area contributed by atoms with Crippen molar-refractivity contribution in [3.8, 4) is 23.0 Å². The zero-order valence-corrected chi connectivity index (χ0v) is 21.6. The number of Topliss-reactive ketones (excluding diaryl/α,β-unsaturated/α-hetero) is 1.